The first-order chi connectivity index (χ1) is 17.0. The van der Waals surface area contributed by atoms with Gasteiger partial charge in [-0.05, 0) is 48.3 Å². The van der Waals surface area contributed by atoms with Gasteiger partial charge in [-0.1, -0.05) is 44.2 Å². The van der Waals surface area contributed by atoms with Crippen LogP contribution in [0.3, 0.4) is 0 Å². The van der Waals surface area contributed by atoms with Gasteiger partial charge in [0.05, 0.1) is 0 Å². The maximum atomic E-state index is 15.1. The summed E-state index contributed by atoms with van der Waals surface area (Å²) in [6.07, 6.45) is 1.57. The molecule has 3 atom stereocenters. The standard InChI is InChI=1S/C28H33F2N3O3/c1-16(2)12-23-26(34)32(5)24(19-13-17-8-6-7-9-18(17)14-19)28(36)33(23)25(27(35)31(3)4)21-11-10-20(29)15-22(21)30/h6-11,15-16,19,23-25H,12-14H2,1-5H3/t23-,24-,25-/m1/s1. The Labute approximate surface area is 210 Å². The lowest BCUT2D eigenvalue weighted by Gasteiger charge is -2.48. The molecule has 1 saturated heterocycles. The summed E-state index contributed by atoms with van der Waals surface area (Å²) in [6, 6.07) is 7.79. The number of rotatable bonds is 6. The molecular weight excluding hydrogens is 464 g/mol. The zero-order chi connectivity index (χ0) is 26.3. The average molecular weight is 498 g/mol. The highest BCUT2D eigenvalue weighted by atomic mass is 19.1. The molecule has 0 bridgehead atoms. The molecule has 1 fully saturated rings. The van der Waals surface area contributed by atoms with E-state index >= 15 is 4.39 Å². The van der Waals surface area contributed by atoms with Gasteiger partial charge in [0.1, 0.15) is 29.8 Å². The van der Waals surface area contributed by atoms with E-state index in [1.54, 1.807) is 7.05 Å². The third kappa shape index (κ3) is 4.61. The van der Waals surface area contributed by atoms with Gasteiger partial charge >= 0.3 is 0 Å². The first kappa shape index (κ1) is 25.8. The van der Waals surface area contributed by atoms with Gasteiger partial charge < -0.3 is 14.7 Å². The summed E-state index contributed by atoms with van der Waals surface area (Å²) in [7, 11) is 4.67. The number of piperazine rings is 1. The van der Waals surface area contributed by atoms with Crippen LogP contribution in [0.2, 0.25) is 0 Å². The van der Waals surface area contributed by atoms with Crippen LogP contribution in [0, 0.1) is 23.5 Å². The van der Waals surface area contributed by atoms with Crippen molar-refractivity contribution in [1.82, 2.24) is 14.7 Å². The highest BCUT2D eigenvalue weighted by Crippen LogP contribution is 2.39. The third-order valence-electron chi connectivity index (χ3n) is 7.33. The van der Waals surface area contributed by atoms with Crippen LogP contribution in [0.5, 0.6) is 0 Å². The number of hydrogen-bond donors (Lipinski definition) is 0. The fourth-order valence-corrected chi connectivity index (χ4v) is 5.63. The number of halogens is 2. The summed E-state index contributed by atoms with van der Waals surface area (Å²) in [5.74, 6) is -3.06. The third-order valence-corrected chi connectivity index (χ3v) is 7.33. The lowest BCUT2D eigenvalue weighted by atomic mass is 9.86. The van der Waals surface area contributed by atoms with Crippen molar-refractivity contribution in [2.45, 2.75) is 51.2 Å². The topological polar surface area (TPSA) is 60.9 Å². The SMILES string of the molecule is CC(C)C[C@@H]1C(=O)N(C)[C@H](C2Cc3ccccc3C2)C(=O)N1[C@@H](C(=O)N(C)C)c1ccc(F)cc1F. The van der Waals surface area contributed by atoms with Crippen molar-refractivity contribution in [2.24, 2.45) is 11.8 Å². The largest absolute Gasteiger partial charge is 0.347 e. The number of amides is 3. The summed E-state index contributed by atoms with van der Waals surface area (Å²) in [4.78, 5) is 45.6. The van der Waals surface area contributed by atoms with E-state index in [1.807, 2.05) is 38.1 Å². The van der Waals surface area contributed by atoms with Crippen molar-refractivity contribution >= 4 is 17.7 Å². The molecule has 0 radical (unpaired) electrons. The minimum absolute atomic E-state index is 0.0307. The number of likely N-dealkylation sites (N-methyl/N-ethyl adjacent to an activating group) is 2. The molecule has 2 aliphatic rings. The predicted octanol–water partition coefficient (Wildman–Crippen LogP) is 3.59. The first-order valence-electron chi connectivity index (χ1n) is 12.3. The molecule has 192 valence electrons. The number of fused-ring (bicyclic) bond motifs is 1. The molecule has 0 unspecified atom stereocenters. The Morgan fingerprint density at radius 2 is 1.64 bits per heavy atom. The summed E-state index contributed by atoms with van der Waals surface area (Å²) in [6.45, 7) is 3.85. The Balaban J connectivity index is 1.83. The highest BCUT2D eigenvalue weighted by Gasteiger charge is 2.52. The molecule has 4 rings (SSSR count). The number of carbonyl (C=O) groups is 3. The van der Waals surface area contributed by atoms with Crippen LogP contribution in [-0.2, 0) is 27.2 Å². The van der Waals surface area contributed by atoms with Crippen molar-refractivity contribution in [2.75, 3.05) is 21.1 Å². The Kier molecular flexibility index (Phi) is 7.16. The number of carbonyl (C=O) groups excluding carboxylic acids is 3. The van der Waals surface area contributed by atoms with Gasteiger partial charge in [0, 0.05) is 32.8 Å². The molecule has 8 heteroatoms. The minimum Gasteiger partial charge on any atom is -0.347 e. The quantitative estimate of drug-likeness (QED) is 0.613. The van der Waals surface area contributed by atoms with E-state index in [0.29, 0.717) is 25.3 Å². The van der Waals surface area contributed by atoms with E-state index in [4.69, 9.17) is 0 Å². The summed E-state index contributed by atoms with van der Waals surface area (Å²) >= 11 is 0. The Hall–Kier alpha value is -3.29. The highest BCUT2D eigenvalue weighted by molar-refractivity contribution is 6.00. The van der Waals surface area contributed by atoms with E-state index in [1.165, 1.54) is 34.9 Å². The Morgan fingerprint density at radius 1 is 1.03 bits per heavy atom. The van der Waals surface area contributed by atoms with Crippen molar-refractivity contribution in [3.63, 3.8) is 0 Å². The van der Waals surface area contributed by atoms with Gasteiger partial charge in [-0.25, -0.2) is 8.78 Å². The second-order valence-electron chi connectivity index (χ2n) is 10.5. The van der Waals surface area contributed by atoms with E-state index in [-0.39, 0.29) is 29.2 Å². The van der Waals surface area contributed by atoms with Crippen molar-refractivity contribution < 1.29 is 23.2 Å². The van der Waals surface area contributed by atoms with Crippen LogP contribution in [0.25, 0.3) is 0 Å². The zero-order valence-corrected chi connectivity index (χ0v) is 21.4. The molecule has 1 heterocycles. The van der Waals surface area contributed by atoms with E-state index in [0.717, 1.165) is 17.2 Å². The van der Waals surface area contributed by atoms with Crippen LogP contribution in [-0.4, -0.2) is 65.6 Å². The summed E-state index contributed by atoms with van der Waals surface area (Å²) < 4.78 is 28.9. The average Bonchev–Trinajstić information content (AvgIpc) is 3.23. The molecular formula is C28H33F2N3O3. The van der Waals surface area contributed by atoms with Crippen LogP contribution in [0.1, 0.15) is 43.0 Å². The maximum Gasteiger partial charge on any atom is 0.249 e. The normalized spacial score (nSPS) is 21.2. The van der Waals surface area contributed by atoms with Gasteiger partial charge in [-0.3, -0.25) is 14.4 Å². The summed E-state index contributed by atoms with van der Waals surface area (Å²) in [5.41, 5.74) is 2.15. The number of nitrogens with zero attached hydrogens (tertiary/aromatic N) is 3. The Morgan fingerprint density at radius 3 is 2.17 bits per heavy atom. The molecule has 0 N–H and O–H groups in total. The van der Waals surface area contributed by atoms with Gasteiger partial charge in [-0.15, -0.1) is 0 Å². The van der Waals surface area contributed by atoms with E-state index in [9.17, 15) is 18.8 Å². The molecule has 0 spiro atoms. The van der Waals surface area contributed by atoms with E-state index in [2.05, 4.69) is 0 Å². The predicted molar refractivity (Wildman–Crippen MR) is 132 cm³/mol. The molecule has 1 aliphatic carbocycles. The lowest BCUT2D eigenvalue weighted by molar-refractivity contribution is -0.169. The molecule has 36 heavy (non-hydrogen) atoms. The van der Waals surface area contributed by atoms with E-state index < -0.39 is 35.7 Å². The molecule has 2 aromatic rings. The van der Waals surface area contributed by atoms with Crippen LogP contribution >= 0.6 is 0 Å². The van der Waals surface area contributed by atoms with Gasteiger partial charge in [-0.2, -0.15) is 0 Å². The number of hydrogen-bond acceptors (Lipinski definition) is 3. The lowest BCUT2D eigenvalue weighted by Crippen LogP contribution is -2.67. The molecule has 6 nitrogen and oxygen atoms in total. The smallest absolute Gasteiger partial charge is 0.249 e. The molecule has 1 aliphatic heterocycles. The fourth-order valence-electron chi connectivity index (χ4n) is 5.63. The Bertz CT molecular complexity index is 1160. The van der Waals surface area contributed by atoms with Gasteiger partial charge in [0.15, 0.2) is 0 Å². The van der Waals surface area contributed by atoms with Gasteiger partial charge in [0.25, 0.3) is 0 Å². The van der Waals surface area contributed by atoms with Crippen LogP contribution in [0.15, 0.2) is 42.5 Å². The maximum absolute atomic E-state index is 15.1. The first-order valence-corrected chi connectivity index (χ1v) is 12.3. The second kappa shape index (κ2) is 9.99. The second-order valence-corrected chi connectivity index (χ2v) is 10.5. The minimum atomic E-state index is -1.39. The zero-order valence-electron chi connectivity index (χ0n) is 21.4. The van der Waals surface area contributed by atoms with Crippen molar-refractivity contribution in [3.8, 4) is 0 Å². The van der Waals surface area contributed by atoms with Gasteiger partial charge in [0.2, 0.25) is 17.7 Å². The van der Waals surface area contributed by atoms with Crippen LogP contribution < -0.4 is 0 Å². The molecule has 3 amide bonds. The summed E-state index contributed by atoms with van der Waals surface area (Å²) in [5, 5.41) is 0. The van der Waals surface area contributed by atoms with Crippen molar-refractivity contribution in [3.05, 3.63) is 70.8 Å². The fraction of sp³-hybridized carbons (Fsp3) is 0.464. The van der Waals surface area contributed by atoms with Crippen LogP contribution in [0.4, 0.5) is 8.78 Å². The molecule has 2 aromatic carbocycles. The molecule has 0 aromatic heterocycles. The van der Waals surface area contributed by atoms with Crippen molar-refractivity contribution in [1.29, 1.82) is 0 Å². The monoisotopic (exact) mass is 497 g/mol. The number of benzene rings is 2. The molecule has 0 saturated carbocycles.